The summed E-state index contributed by atoms with van der Waals surface area (Å²) in [5.41, 5.74) is 5.83. The summed E-state index contributed by atoms with van der Waals surface area (Å²) in [6, 6.07) is 10.1. The summed E-state index contributed by atoms with van der Waals surface area (Å²) in [7, 11) is 0. The predicted molar refractivity (Wildman–Crippen MR) is 89.0 cm³/mol. The summed E-state index contributed by atoms with van der Waals surface area (Å²) in [6.45, 7) is 0.917. The highest BCUT2D eigenvalue weighted by Crippen LogP contribution is 2.23. The number of nitrogens with zero attached hydrogens (tertiary/aromatic N) is 2. The molecule has 6 nitrogen and oxygen atoms in total. The smallest absolute Gasteiger partial charge is 0.253 e. The van der Waals surface area contributed by atoms with Gasteiger partial charge in [-0.3, -0.25) is 9.59 Å². The first-order valence-electron chi connectivity index (χ1n) is 7.51. The second-order valence-corrected chi connectivity index (χ2v) is 6.02. The Labute approximate surface area is 144 Å². The molecule has 124 valence electrons. The Morgan fingerprint density at radius 1 is 1.21 bits per heavy atom. The van der Waals surface area contributed by atoms with Crippen LogP contribution in [0.15, 0.2) is 42.6 Å². The number of halogens is 1. The van der Waals surface area contributed by atoms with Gasteiger partial charge in [-0.2, -0.15) is 0 Å². The molecular formula is C17H16ClN3O3. The van der Waals surface area contributed by atoms with Crippen molar-refractivity contribution in [3.8, 4) is 11.6 Å². The minimum absolute atomic E-state index is 0.116. The number of amides is 2. The van der Waals surface area contributed by atoms with Gasteiger partial charge in [0.25, 0.3) is 5.91 Å². The molecule has 1 fully saturated rings. The van der Waals surface area contributed by atoms with Gasteiger partial charge in [-0.25, -0.2) is 4.98 Å². The van der Waals surface area contributed by atoms with Crippen molar-refractivity contribution in [2.45, 2.75) is 6.42 Å². The monoisotopic (exact) mass is 345 g/mol. The van der Waals surface area contributed by atoms with E-state index in [0.717, 1.165) is 0 Å². The lowest BCUT2D eigenvalue weighted by Gasteiger charge is -2.16. The van der Waals surface area contributed by atoms with E-state index in [4.69, 9.17) is 22.1 Å². The first-order valence-corrected chi connectivity index (χ1v) is 7.89. The number of primary amides is 1. The highest BCUT2D eigenvalue weighted by molar-refractivity contribution is 6.30. The van der Waals surface area contributed by atoms with E-state index in [-0.39, 0.29) is 17.7 Å². The van der Waals surface area contributed by atoms with E-state index in [1.807, 2.05) is 0 Å². The third kappa shape index (κ3) is 3.65. The number of ether oxygens (including phenoxy) is 1. The van der Waals surface area contributed by atoms with Crippen molar-refractivity contribution in [2.24, 2.45) is 11.7 Å². The fourth-order valence-corrected chi connectivity index (χ4v) is 2.68. The number of hydrogen-bond donors (Lipinski definition) is 1. The average molecular weight is 346 g/mol. The molecule has 2 amide bonds. The Bertz CT molecular complexity index is 747. The summed E-state index contributed by atoms with van der Waals surface area (Å²) < 4.78 is 5.59. The zero-order chi connectivity index (χ0) is 17.1. The molecule has 0 bridgehead atoms. The molecule has 1 saturated heterocycles. The molecule has 0 radical (unpaired) electrons. The lowest BCUT2D eigenvalue weighted by atomic mass is 10.1. The van der Waals surface area contributed by atoms with Gasteiger partial charge < -0.3 is 15.4 Å². The molecule has 2 aromatic rings. The van der Waals surface area contributed by atoms with Crippen molar-refractivity contribution >= 4 is 23.4 Å². The number of pyridine rings is 1. The molecule has 7 heteroatoms. The number of rotatable bonds is 4. The Balaban J connectivity index is 1.65. The standard InChI is InChI=1S/C17H16ClN3O3/c18-13-3-6-15(20-9-13)24-14-4-1-11(2-5-14)17(23)21-8-7-12(10-21)16(19)22/h1-6,9,12H,7-8,10H2,(H2,19,22)/t12-/m1/s1. The van der Waals surface area contributed by atoms with Crippen LogP contribution in [-0.2, 0) is 4.79 Å². The molecule has 1 aromatic carbocycles. The molecule has 0 saturated carbocycles. The molecule has 3 rings (SSSR count). The highest BCUT2D eigenvalue weighted by Gasteiger charge is 2.30. The first kappa shape index (κ1) is 16.3. The number of likely N-dealkylation sites (tertiary alicyclic amines) is 1. The van der Waals surface area contributed by atoms with Crippen LogP contribution in [0.3, 0.4) is 0 Å². The van der Waals surface area contributed by atoms with Crippen LogP contribution in [0.4, 0.5) is 0 Å². The Kier molecular flexibility index (Phi) is 4.66. The maximum Gasteiger partial charge on any atom is 0.253 e. The van der Waals surface area contributed by atoms with Gasteiger partial charge in [-0.15, -0.1) is 0 Å². The summed E-state index contributed by atoms with van der Waals surface area (Å²) in [4.78, 5) is 29.3. The first-order chi connectivity index (χ1) is 11.5. The van der Waals surface area contributed by atoms with Gasteiger partial charge in [-0.05, 0) is 36.8 Å². The molecule has 0 spiro atoms. The van der Waals surface area contributed by atoms with E-state index >= 15 is 0 Å². The number of hydrogen-bond acceptors (Lipinski definition) is 4. The molecule has 1 aromatic heterocycles. The zero-order valence-corrected chi connectivity index (χ0v) is 13.6. The van der Waals surface area contributed by atoms with Crippen molar-refractivity contribution in [1.82, 2.24) is 9.88 Å². The Morgan fingerprint density at radius 3 is 2.54 bits per heavy atom. The second-order valence-electron chi connectivity index (χ2n) is 5.58. The number of carbonyl (C=O) groups excluding carboxylic acids is 2. The van der Waals surface area contributed by atoms with Crippen LogP contribution in [0, 0.1) is 5.92 Å². The van der Waals surface area contributed by atoms with E-state index in [2.05, 4.69) is 4.98 Å². The van der Waals surface area contributed by atoms with Crippen LogP contribution in [0.5, 0.6) is 11.6 Å². The third-order valence-corrected chi connectivity index (χ3v) is 4.13. The molecule has 2 heterocycles. The van der Waals surface area contributed by atoms with E-state index < -0.39 is 0 Å². The van der Waals surface area contributed by atoms with Crippen molar-refractivity contribution in [2.75, 3.05) is 13.1 Å². The molecule has 1 atom stereocenters. The molecule has 2 N–H and O–H groups in total. The minimum atomic E-state index is -0.357. The molecule has 0 aliphatic carbocycles. The highest BCUT2D eigenvalue weighted by atomic mass is 35.5. The molecule has 1 aliphatic heterocycles. The van der Waals surface area contributed by atoms with Gasteiger partial charge in [0.1, 0.15) is 5.75 Å². The van der Waals surface area contributed by atoms with E-state index in [1.54, 1.807) is 41.3 Å². The number of nitrogens with two attached hydrogens (primary N) is 1. The quantitative estimate of drug-likeness (QED) is 0.922. The van der Waals surface area contributed by atoms with Crippen molar-refractivity contribution in [1.29, 1.82) is 0 Å². The fraction of sp³-hybridized carbons (Fsp3) is 0.235. The third-order valence-electron chi connectivity index (χ3n) is 3.90. The zero-order valence-electron chi connectivity index (χ0n) is 12.8. The number of aromatic nitrogens is 1. The molecular weight excluding hydrogens is 330 g/mol. The summed E-state index contributed by atoms with van der Waals surface area (Å²) in [5, 5.41) is 0.531. The van der Waals surface area contributed by atoms with Crippen LogP contribution < -0.4 is 10.5 Å². The van der Waals surface area contributed by atoms with Crippen molar-refractivity contribution < 1.29 is 14.3 Å². The summed E-state index contributed by atoms with van der Waals surface area (Å²) in [6.07, 6.45) is 2.11. The Hall–Kier alpha value is -2.60. The topological polar surface area (TPSA) is 85.5 Å². The van der Waals surface area contributed by atoms with E-state index in [0.29, 0.717) is 41.7 Å². The number of benzene rings is 1. The van der Waals surface area contributed by atoms with Crippen LogP contribution >= 0.6 is 11.6 Å². The second kappa shape index (κ2) is 6.88. The lowest BCUT2D eigenvalue weighted by molar-refractivity contribution is -0.121. The summed E-state index contributed by atoms with van der Waals surface area (Å²) >= 11 is 5.77. The van der Waals surface area contributed by atoms with E-state index in [1.165, 1.54) is 6.20 Å². The normalized spacial score (nSPS) is 16.9. The van der Waals surface area contributed by atoms with Crippen LogP contribution in [-0.4, -0.2) is 34.8 Å². The number of carbonyl (C=O) groups is 2. The van der Waals surface area contributed by atoms with Gasteiger partial charge in [0.2, 0.25) is 11.8 Å². The molecule has 0 unspecified atom stereocenters. The SMILES string of the molecule is NC(=O)[C@@H]1CCN(C(=O)c2ccc(Oc3ccc(Cl)cn3)cc2)C1. The molecule has 24 heavy (non-hydrogen) atoms. The predicted octanol–water partition coefficient (Wildman–Crippen LogP) is 2.47. The van der Waals surface area contributed by atoms with Gasteiger partial charge in [-0.1, -0.05) is 11.6 Å². The van der Waals surface area contributed by atoms with E-state index in [9.17, 15) is 9.59 Å². The van der Waals surface area contributed by atoms with Crippen LogP contribution in [0.25, 0.3) is 0 Å². The summed E-state index contributed by atoms with van der Waals surface area (Å²) in [5.74, 6) is 0.257. The maximum absolute atomic E-state index is 12.4. The average Bonchev–Trinajstić information content (AvgIpc) is 3.07. The van der Waals surface area contributed by atoms with Gasteiger partial charge in [0.15, 0.2) is 0 Å². The van der Waals surface area contributed by atoms with Crippen LogP contribution in [0.1, 0.15) is 16.8 Å². The Morgan fingerprint density at radius 2 is 1.96 bits per heavy atom. The van der Waals surface area contributed by atoms with Gasteiger partial charge >= 0.3 is 0 Å². The minimum Gasteiger partial charge on any atom is -0.439 e. The molecule has 1 aliphatic rings. The fourth-order valence-electron chi connectivity index (χ4n) is 2.57. The largest absolute Gasteiger partial charge is 0.439 e. The van der Waals surface area contributed by atoms with Gasteiger partial charge in [0.05, 0.1) is 10.9 Å². The van der Waals surface area contributed by atoms with Gasteiger partial charge in [0, 0.05) is 30.9 Å². The lowest BCUT2D eigenvalue weighted by Crippen LogP contribution is -2.31. The maximum atomic E-state index is 12.4. The van der Waals surface area contributed by atoms with Crippen LogP contribution in [0.2, 0.25) is 5.02 Å². The van der Waals surface area contributed by atoms with Crippen molar-refractivity contribution in [3.05, 3.63) is 53.2 Å². The van der Waals surface area contributed by atoms with Crippen molar-refractivity contribution in [3.63, 3.8) is 0 Å².